The number of rotatable bonds is 6. The highest BCUT2D eigenvalue weighted by Crippen LogP contribution is 2.26. The zero-order valence-electron chi connectivity index (χ0n) is 16.0. The second-order valence-corrected chi connectivity index (χ2v) is 6.95. The molecular weight excluding hydrogens is 371 g/mol. The van der Waals surface area contributed by atoms with Crippen LogP contribution in [0.25, 0.3) is 0 Å². The molecule has 0 saturated carbocycles. The summed E-state index contributed by atoms with van der Waals surface area (Å²) >= 11 is 0. The molecule has 0 aliphatic carbocycles. The zero-order valence-corrected chi connectivity index (χ0v) is 16.0. The first-order valence-corrected chi connectivity index (χ1v) is 9.64. The van der Waals surface area contributed by atoms with Gasteiger partial charge in [0.25, 0.3) is 5.91 Å². The Kier molecular flexibility index (Phi) is 6.80. The first-order chi connectivity index (χ1) is 14.1. The molecular formula is C22H23FN4O2. The lowest BCUT2D eigenvalue weighted by Crippen LogP contribution is -2.42. The highest BCUT2D eigenvalue weighted by molar-refractivity contribution is 5.94. The molecule has 1 fully saturated rings. The van der Waals surface area contributed by atoms with E-state index in [-0.39, 0.29) is 17.7 Å². The van der Waals surface area contributed by atoms with Gasteiger partial charge in [0.1, 0.15) is 5.82 Å². The summed E-state index contributed by atoms with van der Waals surface area (Å²) in [7, 11) is 0. The molecule has 2 aromatic carbocycles. The summed E-state index contributed by atoms with van der Waals surface area (Å²) in [6.45, 7) is 1.87. The number of halogens is 1. The van der Waals surface area contributed by atoms with Gasteiger partial charge >= 0.3 is 0 Å². The summed E-state index contributed by atoms with van der Waals surface area (Å²) in [5, 5.41) is 14.5. The molecule has 2 amide bonds. The quantitative estimate of drug-likeness (QED) is 0.737. The number of carbonyl (C=O) groups excluding carboxylic acids is 2. The third-order valence-corrected chi connectivity index (χ3v) is 5.03. The molecule has 2 N–H and O–H groups in total. The Hall–Kier alpha value is -3.40. The number of carbonyl (C=O) groups is 2. The molecule has 1 aliphatic rings. The maximum atomic E-state index is 14.2. The maximum absolute atomic E-state index is 14.2. The van der Waals surface area contributed by atoms with E-state index >= 15 is 0 Å². The fourth-order valence-corrected chi connectivity index (χ4v) is 3.41. The SMILES string of the molecule is N#Cc1ccc(N2CCC(C(=O)NCCNC(=O)c3ccccc3)CC2)c(F)c1. The highest BCUT2D eigenvalue weighted by Gasteiger charge is 2.26. The largest absolute Gasteiger partial charge is 0.369 e. The number of amides is 2. The summed E-state index contributed by atoms with van der Waals surface area (Å²) in [6, 6.07) is 15.3. The van der Waals surface area contributed by atoms with E-state index in [1.807, 2.05) is 17.0 Å². The number of hydrogen-bond donors (Lipinski definition) is 2. The molecule has 7 heteroatoms. The lowest BCUT2D eigenvalue weighted by Gasteiger charge is -2.33. The summed E-state index contributed by atoms with van der Waals surface area (Å²) < 4.78 is 14.2. The van der Waals surface area contributed by atoms with Crippen LogP contribution in [0.2, 0.25) is 0 Å². The molecule has 150 valence electrons. The number of nitriles is 1. The van der Waals surface area contributed by atoms with Crippen LogP contribution in [0.3, 0.4) is 0 Å². The number of anilines is 1. The van der Waals surface area contributed by atoms with Crippen molar-refractivity contribution in [2.45, 2.75) is 12.8 Å². The molecule has 29 heavy (non-hydrogen) atoms. The molecule has 2 aromatic rings. The average Bonchev–Trinajstić information content (AvgIpc) is 2.77. The second kappa shape index (κ2) is 9.69. The smallest absolute Gasteiger partial charge is 0.251 e. The van der Waals surface area contributed by atoms with Crippen molar-refractivity contribution in [3.63, 3.8) is 0 Å². The van der Waals surface area contributed by atoms with E-state index < -0.39 is 5.82 Å². The monoisotopic (exact) mass is 394 g/mol. The lowest BCUT2D eigenvalue weighted by molar-refractivity contribution is -0.125. The van der Waals surface area contributed by atoms with Crippen molar-refractivity contribution in [2.75, 3.05) is 31.1 Å². The topological polar surface area (TPSA) is 85.2 Å². The van der Waals surface area contributed by atoms with Gasteiger partial charge < -0.3 is 15.5 Å². The molecule has 6 nitrogen and oxygen atoms in total. The molecule has 1 heterocycles. The minimum absolute atomic E-state index is 0.0427. The summed E-state index contributed by atoms with van der Waals surface area (Å²) in [5.41, 5.74) is 1.34. The predicted octanol–water partition coefficient (Wildman–Crippen LogP) is 2.46. The molecule has 0 atom stereocenters. The van der Waals surface area contributed by atoms with Gasteiger partial charge in [-0.15, -0.1) is 0 Å². The Morgan fingerprint density at radius 2 is 1.76 bits per heavy atom. The van der Waals surface area contributed by atoms with Gasteiger partial charge in [0.2, 0.25) is 5.91 Å². The second-order valence-electron chi connectivity index (χ2n) is 6.95. The van der Waals surface area contributed by atoms with Gasteiger partial charge in [-0.25, -0.2) is 4.39 Å². The van der Waals surface area contributed by atoms with Crippen LogP contribution in [-0.4, -0.2) is 38.0 Å². The number of nitrogens with one attached hydrogen (secondary N) is 2. The summed E-state index contributed by atoms with van der Waals surface area (Å²) in [5.74, 6) is -0.755. The Labute approximate surface area is 169 Å². The minimum Gasteiger partial charge on any atom is -0.369 e. The van der Waals surface area contributed by atoms with Crippen molar-refractivity contribution < 1.29 is 14.0 Å². The van der Waals surface area contributed by atoms with E-state index in [1.54, 1.807) is 36.4 Å². The first kappa shape index (κ1) is 20.3. The van der Waals surface area contributed by atoms with Gasteiger partial charge in [-0.2, -0.15) is 5.26 Å². The van der Waals surface area contributed by atoms with Gasteiger partial charge in [-0.3, -0.25) is 9.59 Å². The molecule has 1 saturated heterocycles. The van der Waals surface area contributed by atoms with Crippen molar-refractivity contribution >= 4 is 17.5 Å². The van der Waals surface area contributed by atoms with E-state index in [0.717, 1.165) is 0 Å². The van der Waals surface area contributed by atoms with Crippen LogP contribution in [0.4, 0.5) is 10.1 Å². The van der Waals surface area contributed by atoms with Crippen LogP contribution in [0.15, 0.2) is 48.5 Å². The third-order valence-electron chi connectivity index (χ3n) is 5.03. The van der Waals surface area contributed by atoms with Crippen molar-refractivity contribution in [1.29, 1.82) is 5.26 Å². The van der Waals surface area contributed by atoms with Gasteiger partial charge in [-0.1, -0.05) is 18.2 Å². The molecule has 0 bridgehead atoms. The van der Waals surface area contributed by atoms with Gasteiger partial charge in [0.15, 0.2) is 0 Å². The lowest BCUT2D eigenvalue weighted by atomic mass is 9.95. The normalized spacial score (nSPS) is 14.1. The van der Waals surface area contributed by atoms with Crippen molar-refractivity contribution in [2.24, 2.45) is 5.92 Å². The Balaban J connectivity index is 1.40. The van der Waals surface area contributed by atoms with Crippen molar-refractivity contribution in [3.8, 4) is 6.07 Å². The first-order valence-electron chi connectivity index (χ1n) is 9.64. The fourth-order valence-electron chi connectivity index (χ4n) is 3.41. The van der Waals surface area contributed by atoms with Crippen LogP contribution in [0, 0.1) is 23.1 Å². The van der Waals surface area contributed by atoms with E-state index in [1.165, 1.54) is 6.07 Å². The average molecular weight is 394 g/mol. The van der Waals surface area contributed by atoms with Gasteiger partial charge in [0, 0.05) is 37.7 Å². The Bertz CT molecular complexity index is 903. The van der Waals surface area contributed by atoms with E-state index in [9.17, 15) is 14.0 Å². The van der Waals surface area contributed by atoms with Crippen molar-refractivity contribution in [1.82, 2.24) is 10.6 Å². The van der Waals surface area contributed by atoms with Gasteiger partial charge in [0.05, 0.1) is 17.3 Å². The summed E-state index contributed by atoms with van der Waals surface area (Å²) in [6.07, 6.45) is 1.25. The van der Waals surface area contributed by atoms with Crippen LogP contribution in [0.1, 0.15) is 28.8 Å². The van der Waals surface area contributed by atoms with Crippen molar-refractivity contribution in [3.05, 3.63) is 65.5 Å². The van der Waals surface area contributed by atoms with Crippen LogP contribution in [-0.2, 0) is 4.79 Å². The molecule has 1 aliphatic heterocycles. The maximum Gasteiger partial charge on any atom is 0.251 e. The molecule has 0 aromatic heterocycles. The molecule has 0 radical (unpaired) electrons. The molecule has 0 spiro atoms. The molecule has 0 unspecified atom stereocenters. The third kappa shape index (κ3) is 5.32. The van der Waals surface area contributed by atoms with E-state index in [2.05, 4.69) is 10.6 Å². The number of hydrogen-bond acceptors (Lipinski definition) is 4. The predicted molar refractivity (Wildman–Crippen MR) is 108 cm³/mol. The van der Waals surface area contributed by atoms with Gasteiger partial charge in [-0.05, 0) is 43.2 Å². The number of benzene rings is 2. The van der Waals surface area contributed by atoms with E-state index in [4.69, 9.17) is 5.26 Å². The Morgan fingerprint density at radius 1 is 1.07 bits per heavy atom. The van der Waals surface area contributed by atoms with Crippen LogP contribution >= 0.6 is 0 Å². The Morgan fingerprint density at radius 3 is 2.41 bits per heavy atom. The standard InChI is InChI=1S/C22H23FN4O2/c23-19-14-16(15-24)6-7-20(19)27-12-8-18(9-13-27)22(29)26-11-10-25-21(28)17-4-2-1-3-5-17/h1-7,14,18H,8-13H2,(H,25,28)(H,26,29). The van der Waals surface area contributed by atoms with Crippen LogP contribution < -0.4 is 15.5 Å². The number of nitrogens with zero attached hydrogens (tertiary/aromatic N) is 2. The van der Waals surface area contributed by atoms with Crippen LogP contribution in [0.5, 0.6) is 0 Å². The fraction of sp³-hybridized carbons (Fsp3) is 0.318. The highest BCUT2D eigenvalue weighted by atomic mass is 19.1. The molecule has 3 rings (SSSR count). The minimum atomic E-state index is -0.416. The summed E-state index contributed by atoms with van der Waals surface area (Å²) in [4.78, 5) is 26.2. The van der Waals surface area contributed by atoms with E-state index in [0.29, 0.717) is 55.8 Å². The number of piperidine rings is 1. The zero-order chi connectivity index (χ0) is 20.6.